The van der Waals surface area contributed by atoms with Gasteiger partial charge in [-0.3, -0.25) is 9.36 Å². The highest BCUT2D eigenvalue weighted by Gasteiger charge is 2.09. The highest BCUT2D eigenvalue weighted by Crippen LogP contribution is 2.20. The number of methoxy groups -OCH3 is 1. The Bertz CT molecular complexity index is 693. The second-order valence-corrected chi connectivity index (χ2v) is 3.75. The molecule has 1 aromatic carbocycles. The average Bonchev–Trinajstić information content (AvgIpc) is 2.40. The number of hydrogen-bond acceptors (Lipinski definition) is 3. The summed E-state index contributed by atoms with van der Waals surface area (Å²) in [5.41, 5.74) is -0.132. The van der Waals surface area contributed by atoms with Crippen LogP contribution in [0.3, 0.4) is 0 Å². The Morgan fingerprint density at radius 1 is 1.32 bits per heavy atom. The number of benzene rings is 1. The molecule has 5 nitrogen and oxygen atoms in total. The number of hydrogen-bond donors (Lipinski definition) is 1. The minimum Gasteiger partial charge on any atom is -0.494 e. The Balaban J connectivity index is 2.61. The van der Waals surface area contributed by atoms with E-state index >= 15 is 0 Å². The Morgan fingerprint density at radius 3 is 2.68 bits per heavy atom. The van der Waals surface area contributed by atoms with Crippen molar-refractivity contribution in [1.29, 1.82) is 0 Å². The summed E-state index contributed by atoms with van der Waals surface area (Å²) in [5, 5.41) is 8.89. The maximum Gasteiger partial charge on any atom is 0.337 e. The lowest BCUT2D eigenvalue weighted by molar-refractivity contribution is 0.0696. The number of carboxylic acid groups (broad SMARTS) is 1. The molecular formula is C13H10FNO4. The van der Waals surface area contributed by atoms with Crippen LogP contribution in [0.15, 0.2) is 41.3 Å². The predicted octanol–water partition coefficient (Wildman–Crippen LogP) is 1.68. The summed E-state index contributed by atoms with van der Waals surface area (Å²) >= 11 is 0. The Kier molecular flexibility index (Phi) is 3.33. The molecule has 1 aromatic heterocycles. The van der Waals surface area contributed by atoms with Gasteiger partial charge in [-0.25, -0.2) is 9.18 Å². The van der Waals surface area contributed by atoms with Gasteiger partial charge in [0, 0.05) is 18.3 Å². The van der Waals surface area contributed by atoms with Gasteiger partial charge in [-0.1, -0.05) is 0 Å². The first kappa shape index (κ1) is 12.8. The molecule has 0 saturated heterocycles. The zero-order chi connectivity index (χ0) is 14.0. The molecule has 0 bridgehead atoms. The van der Waals surface area contributed by atoms with Gasteiger partial charge < -0.3 is 9.84 Å². The van der Waals surface area contributed by atoms with Crippen molar-refractivity contribution in [2.75, 3.05) is 7.11 Å². The molecule has 0 aliphatic rings. The topological polar surface area (TPSA) is 68.5 Å². The molecular weight excluding hydrogens is 253 g/mol. The molecule has 0 unspecified atom stereocenters. The van der Waals surface area contributed by atoms with Crippen molar-refractivity contribution < 1.29 is 19.0 Å². The van der Waals surface area contributed by atoms with Gasteiger partial charge in [0.05, 0.1) is 18.4 Å². The van der Waals surface area contributed by atoms with E-state index in [0.717, 1.165) is 16.7 Å². The molecule has 0 radical (unpaired) electrons. The normalized spacial score (nSPS) is 10.2. The molecule has 2 rings (SSSR count). The summed E-state index contributed by atoms with van der Waals surface area (Å²) < 4.78 is 19.2. The summed E-state index contributed by atoms with van der Waals surface area (Å²) in [7, 11) is 1.30. The summed E-state index contributed by atoms with van der Waals surface area (Å²) in [5.74, 6) is -1.73. The minimum absolute atomic E-state index is 0.0230. The molecule has 0 aliphatic carbocycles. The van der Waals surface area contributed by atoms with Crippen molar-refractivity contribution in [3.05, 3.63) is 58.3 Å². The van der Waals surface area contributed by atoms with Gasteiger partial charge in [0.2, 0.25) is 0 Å². The zero-order valence-corrected chi connectivity index (χ0v) is 9.96. The molecule has 0 spiro atoms. The summed E-state index contributed by atoms with van der Waals surface area (Å²) in [6, 6.07) is 6.18. The van der Waals surface area contributed by atoms with Gasteiger partial charge in [0.25, 0.3) is 5.56 Å². The van der Waals surface area contributed by atoms with Gasteiger partial charge in [0.15, 0.2) is 11.6 Å². The van der Waals surface area contributed by atoms with Crippen LogP contribution in [0.1, 0.15) is 10.4 Å². The molecule has 0 saturated carbocycles. The average molecular weight is 263 g/mol. The number of aromatic carboxylic acids is 1. The molecule has 6 heteroatoms. The van der Waals surface area contributed by atoms with E-state index < -0.39 is 17.3 Å². The van der Waals surface area contributed by atoms with Crippen LogP contribution in [0.4, 0.5) is 4.39 Å². The highest BCUT2D eigenvalue weighted by atomic mass is 19.1. The van der Waals surface area contributed by atoms with Crippen molar-refractivity contribution in [1.82, 2.24) is 4.57 Å². The smallest absolute Gasteiger partial charge is 0.337 e. The SMILES string of the molecule is COc1cc(-n2cc(C(=O)O)ccc2=O)ccc1F. The standard InChI is InChI=1S/C13H10FNO4/c1-19-11-6-9(3-4-10(11)14)15-7-8(13(17)18)2-5-12(15)16/h2-7H,1H3,(H,17,18). The van der Waals surface area contributed by atoms with Crippen LogP contribution in [0, 0.1) is 5.82 Å². The van der Waals surface area contributed by atoms with Crippen molar-refractivity contribution in [3.63, 3.8) is 0 Å². The van der Waals surface area contributed by atoms with Crippen LogP contribution < -0.4 is 10.3 Å². The van der Waals surface area contributed by atoms with Crippen LogP contribution in [-0.4, -0.2) is 22.8 Å². The third-order valence-electron chi connectivity index (χ3n) is 2.57. The van der Waals surface area contributed by atoms with Crippen LogP contribution >= 0.6 is 0 Å². The molecule has 0 atom stereocenters. The lowest BCUT2D eigenvalue weighted by atomic mass is 10.2. The summed E-state index contributed by atoms with van der Waals surface area (Å²) in [6.45, 7) is 0. The first-order valence-electron chi connectivity index (χ1n) is 5.33. The molecule has 1 heterocycles. The lowest BCUT2D eigenvalue weighted by Gasteiger charge is -2.09. The van der Waals surface area contributed by atoms with Crippen molar-refractivity contribution >= 4 is 5.97 Å². The van der Waals surface area contributed by atoms with Gasteiger partial charge >= 0.3 is 5.97 Å². The largest absolute Gasteiger partial charge is 0.494 e. The number of aromatic nitrogens is 1. The first-order chi connectivity index (χ1) is 9.02. The van der Waals surface area contributed by atoms with Gasteiger partial charge in [-0.15, -0.1) is 0 Å². The van der Waals surface area contributed by atoms with Crippen molar-refractivity contribution in [3.8, 4) is 11.4 Å². The van der Waals surface area contributed by atoms with E-state index in [9.17, 15) is 14.0 Å². The fraction of sp³-hybridized carbons (Fsp3) is 0.0769. The van der Waals surface area contributed by atoms with Crippen LogP contribution in [0.25, 0.3) is 5.69 Å². The number of rotatable bonds is 3. The molecule has 98 valence electrons. The molecule has 1 N–H and O–H groups in total. The van der Waals surface area contributed by atoms with E-state index in [0.29, 0.717) is 5.69 Å². The van der Waals surface area contributed by atoms with E-state index in [1.165, 1.54) is 31.5 Å². The predicted molar refractivity (Wildman–Crippen MR) is 65.5 cm³/mol. The monoisotopic (exact) mass is 263 g/mol. The van der Waals surface area contributed by atoms with E-state index in [-0.39, 0.29) is 11.3 Å². The quantitative estimate of drug-likeness (QED) is 0.914. The fourth-order valence-electron chi connectivity index (χ4n) is 1.61. The number of nitrogens with zero attached hydrogens (tertiary/aromatic N) is 1. The first-order valence-corrected chi connectivity index (χ1v) is 5.33. The second kappa shape index (κ2) is 4.93. The Hall–Kier alpha value is -2.63. The number of carboxylic acids is 1. The Labute approximate surface area is 107 Å². The molecule has 0 fully saturated rings. The van der Waals surface area contributed by atoms with Crippen molar-refractivity contribution in [2.45, 2.75) is 0 Å². The van der Waals surface area contributed by atoms with E-state index in [1.807, 2.05) is 0 Å². The number of halogens is 1. The summed E-state index contributed by atoms with van der Waals surface area (Å²) in [4.78, 5) is 22.6. The molecule has 0 aliphatic heterocycles. The van der Waals surface area contributed by atoms with Gasteiger partial charge in [-0.2, -0.15) is 0 Å². The second-order valence-electron chi connectivity index (χ2n) is 3.75. The van der Waals surface area contributed by atoms with Gasteiger partial charge in [-0.05, 0) is 18.2 Å². The summed E-state index contributed by atoms with van der Waals surface area (Å²) in [6.07, 6.45) is 1.18. The Morgan fingerprint density at radius 2 is 2.05 bits per heavy atom. The lowest BCUT2D eigenvalue weighted by Crippen LogP contribution is -2.18. The molecule has 0 amide bonds. The maximum absolute atomic E-state index is 13.3. The number of carbonyl (C=O) groups is 1. The van der Waals surface area contributed by atoms with Gasteiger partial charge in [0.1, 0.15) is 0 Å². The number of ether oxygens (including phenoxy) is 1. The van der Waals surface area contributed by atoms with Crippen LogP contribution in [-0.2, 0) is 0 Å². The van der Waals surface area contributed by atoms with E-state index in [2.05, 4.69) is 0 Å². The molecule has 19 heavy (non-hydrogen) atoms. The highest BCUT2D eigenvalue weighted by molar-refractivity contribution is 5.87. The fourth-order valence-corrected chi connectivity index (χ4v) is 1.61. The third kappa shape index (κ3) is 2.47. The maximum atomic E-state index is 13.3. The van der Waals surface area contributed by atoms with Crippen molar-refractivity contribution in [2.24, 2.45) is 0 Å². The minimum atomic E-state index is -1.15. The van der Waals surface area contributed by atoms with Crippen LogP contribution in [0.2, 0.25) is 0 Å². The van der Waals surface area contributed by atoms with Crippen LogP contribution in [0.5, 0.6) is 5.75 Å². The van der Waals surface area contributed by atoms with E-state index in [1.54, 1.807) is 0 Å². The third-order valence-corrected chi connectivity index (χ3v) is 2.57. The number of pyridine rings is 1. The molecule has 2 aromatic rings. The van der Waals surface area contributed by atoms with E-state index in [4.69, 9.17) is 9.84 Å². The zero-order valence-electron chi connectivity index (χ0n) is 9.96.